The zero-order valence-electron chi connectivity index (χ0n) is 7.27. The molecule has 4 nitrogen and oxygen atoms in total. The summed E-state index contributed by atoms with van der Waals surface area (Å²) >= 11 is 0. The molecule has 68 valence electrons. The summed E-state index contributed by atoms with van der Waals surface area (Å²) in [4.78, 5) is 10.0. The molecule has 0 saturated carbocycles. The second kappa shape index (κ2) is 3.67. The molecule has 1 saturated heterocycles. The number of nitro groups is 1. The lowest BCUT2D eigenvalue weighted by molar-refractivity contribution is -0.524. The highest BCUT2D eigenvalue weighted by atomic mass is 16.6. The minimum Gasteiger partial charge on any atom is -0.359 e. The number of fused-ring (bicyclic) bond motifs is 2. The molecule has 2 rings (SSSR count). The minimum atomic E-state index is -0.491. The van der Waals surface area contributed by atoms with E-state index in [4.69, 9.17) is 4.74 Å². The average molecular weight is 171 g/mol. The highest BCUT2D eigenvalue weighted by Gasteiger charge is 2.44. The van der Waals surface area contributed by atoms with E-state index in [0.29, 0.717) is 6.42 Å². The fourth-order valence-corrected chi connectivity index (χ4v) is 1.46. The van der Waals surface area contributed by atoms with Gasteiger partial charge < -0.3 is 4.74 Å². The van der Waals surface area contributed by atoms with E-state index in [9.17, 15) is 10.1 Å². The van der Waals surface area contributed by atoms with E-state index in [1.807, 2.05) is 19.9 Å². The van der Waals surface area contributed by atoms with Crippen molar-refractivity contribution < 1.29 is 9.66 Å². The maximum absolute atomic E-state index is 10.3. The van der Waals surface area contributed by atoms with Gasteiger partial charge in [0.05, 0.1) is 6.10 Å². The molecule has 2 aliphatic rings. The van der Waals surface area contributed by atoms with Crippen molar-refractivity contribution in [3.05, 3.63) is 22.3 Å². The molecule has 3 unspecified atom stereocenters. The van der Waals surface area contributed by atoms with Crippen LogP contribution in [0, 0.1) is 10.1 Å². The summed E-state index contributed by atoms with van der Waals surface area (Å²) in [6, 6.07) is -0.491. The quantitative estimate of drug-likeness (QED) is 0.340. The fraction of sp³-hybridized carbons (Fsp3) is 0.750. The lowest BCUT2D eigenvalue weighted by Gasteiger charge is -2.05. The zero-order valence-corrected chi connectivity index (χ0v) is 7.27. The molecule has 2 bridgehead atoms. The highest BCUT2D eigenvalue weighted by molar-refractivity contribution is 5.11. The first-order chi connectivity index (χ1) is 5.77. The second-order valence-corrected chi connectivity index (χ2v) is 2.61. The van der Waals surface area contributed by atoms with E-state index in [1.165, 1.54) is 0 Å². The molecule has 0 amide bonds. The van der Waals surface area contributed by atoms with Crippen LogP contribution in [0.15, 0.2) is 12.2 Å². The summed E-state index contributed by atoms with van der Waals surface area (Å²) in [5.74, 6) is 0. The minimum absolute atomic E-state index is 0.0143. The predicted octanol–water partition coefficient (Wildman–Crippen LogP) is 1.39. The molecular weight excluding hydrogens is 158 g/mol. The van der Waals surface area contributed by atoms with Crippen LogP contribution in [0.2, 0.25) is 0 Å². The molecule has 3 atom stereocenters. The van der Waals surface area contributed by atoms with Crippen molar-refractivity contribution >= 4 is 0 Å². The van der Waals surface area contributed by atoms with Crippen molar-refractivity contribution in [2.75, 3.05) is 0 Å². The Bertz CT molecular complexity index is 202. The summed E-state index contributed by atoms with van der Waals surface area (Å²) < 4.78 is 5.19. The molecule has 0 aromatic rings. The first-order valence-corrected chi connectivity index (χ1v) is 4.24. The van der Waals surface area contributed by atoms with Gasteiger partial charge in [0.15, 0.2) is 0 Å². The molecule has 0 aromatic carbocycles. The van der Waals surface area contributed by atoms with Crippen LogP contribution in [0.3, 0.4) is 0 Å². The largest absolute Gasteiger partial charge is 0.359 e. The van der Waals surface area contributed by atoms with Gasteiger partial charge in [0.2, 0.25) is 6.04 Å². The van der Waals surface area contributed by atoms with Crippen LogP contribution in [-0.4, -0.2) is 23.2 Å². The standard InChI is InChI=1S/C6H7NO3.C2H6/c8-7(9)5-3-4-1-2-6(5)10-4;1-2/h1-2,4-6H,3H2;1-2H3. The van der Waals surface area contributed by atoms with Crippen LogP contribution in [0.1, 0.15) is 20.3 Å². The second-order valence-electron chi connectivity index (χ2n) is 2.61. The van der Waals surface area contributed by atoms with Gasteiger partial charge in [0.25, 0.3) is 0 Å². The van der Waals surface area contributed by atoms with Gasteiger partial charge in [-0.2, -0.15) is 0 Å². The summed E-state index contributed by atoms with van der Waals surface area (Å²) in [7, 11) is 0. The summed E-state index contributed by atoms with van der Waals surface area (Å²) in [5.41, 5.74) is 0. The smallest absolute Gasteiger partial charge is 0.245 e. The molecule has 12 heavy (non-hydrogen) atoms. The van der Waals surface area contributed by atoms with Crippen LogP contribution in [0.25, 0.3) is 0 Å². The van der Waals surface area contributed by atoms with Gasteiger partial charge in [-0.1, -0.05) is 26.0 Å². The summed E-state index contributed by atoms with van der Waals surface area (Å²) in [6.45, 7) is 4.00. The molecule has 0 aliphatic carbocycles. The third kappa shape index (κ3) is 1.48. The first-order valence-electron chi connectivity index (χ1n) is 4.24. The van der Waals surface area contributed by atoms with Crippen molar-refractivity contribution in [1.29, 1.82) is 0 Å². The molecule has 1 fully saturated rings. The average Bonchev–Trinajstić information content (AvgIpc) is 2.67. The van der Waals surface area contributed by atoms with Gasteiger partial charge >= 0.3 is 0 Å². The molecule has 4 heteroatoms. The Hall–Kier alpha value is -0.900. The number of ether oxygens (including phenoxy) is 1. The third-order valence-electron chi connectivity index (χ3n) is 1.97. The van der Waals surface area contributed by atoms with Gasteiger partial charge in [-0.3, -0.25) is 10.1 Å². The van der Waals surface area contributed by atoms with E-state index in [-0.39, 0.29) is 17.1 Å². The van der Waals surface area contributed by atoms with Gasteiger partial charge in [0.1, 0.15) is 6.10 Å². The molecule has 0 N–H and O–H groups in total. The summed E-state index contributed by atoms with van der Waals surface area (Å²) in [5, 5.41) is 10.3. The third-order valence-corrected chi connectivity index (χ3v) is 1.97. The molecule has 0 spiro atoms. The number of hydrogen-bond acceptors (Lipinski definition) is 3. The number of rotatable bonds is 1. The normalized spacial score (nSPS) is 36.0. The Labute approximate surface area is 71.4 Å². The summed E-state index contributed by atoms with van der Waals surface area (Å²) in [6.07, 6.45) is 3.99. The fourth-order valence-electron chi connectivity index (χ4n) is 1.46. The molecule has 2 heterocycles. The van der Waals surface area contributed by atoms with Crippen LogP contribution in [-0.2, 0) is 4.74 Å². The van der Waals surface area contributed by atoms with E-state index in [2.05, 4.69) is 0 Å². The Morgan fingerprint density at radius 3 is 2.42 bits per heavy atom. The lowest BCUT2D eigenvalue weighted by Crippen LogP contribution is -2.28. The van der Waals surface area contributed by atoms with Gasteiger partial charge in [0, 0.05) is 11.3 Å². The monoisotopic (exact) mass is 171 g/mol. The number of nitrogens with zero attached hydrogens (tertiary/aromatic N) is 1. The molecule has 0 radical (unpaired) electrons. The van der Waals surface area contributed by atoms with Crippen molar-refractivity contribution in [3.63, 3.8) is 0 Å². The van der Waals surface area contributed by atoms with Gasteiger partial charge in [-0.05, 0) is 0 Å². The van der Waals surface area contributed by atoms with Crippen molar-refractivity contribution in [2.24, 2.45) is 0 Å². The first kappa shape index (κ1) is 9.19. The zero-order chi connectivity index (χ0) is 9.14. The topological polar surface area (TPSA) is 52.4 Å². The maximum atomic E-state index is 10.3. The van der Waals surface area contributed by atoms with Crippen LogP contribution in [0.5, 0.6) is 0 Å². The van der Waals surface area contributed by atoms with E-state index in [1.54, 1.807) is 6.08 Å². The van der Waals surface area contributed by atoms with Crippen molar-refractivity contribution in [1.82, 2.24) is 0 Å². The molecule has 2 aliphatic heterocycles. The van der Waals surface area contributed by atoms with E-state index < -0.39 is 6.04 Å². The Morgan fingerprint density at radius 1 is 1.50 bits per heavy atom. The van der Waals surface area contributed by atoms with E-state index in [0.717, 1.165) is 0 Å². The Balaban J connectivity index is 0.000000336. The highest BCUT2D eigenvalue weighted by Crippen LogP contribution is 2.29. The van der Waals surface area contributed by atoms with Crippen LogP contribution < -0.4 is 0 Å². The number of hydrogen-bond donors (Lipinski definition) is 0. The molecular formula is C8H13NO3. The van der Waals surface area contributed by atoms with Crippen molar-refractivity contribution in [3.8, 4) is 0 Å². The van der Waals surface area contributed by atoms with E-state index >= 15 is 0 Å². The van der Waals surface area contributed by atoms with Crippen LogP contribution in [0.4, 0.5) is 0 Å². The lowest BCUT2D eigenvalue weighted by atomic mass is 10.0. The van der Waals surface area contributed by atoms with Crippen LogP contribution >= 0.6 is 0 Å². The van der Waals surface area contributed by atoms with Crippen molar-refractivity contribution in [2.45, 2.75) is 38.5 Å². The molecule has 0 aromatic heterocycles. The predicted molar refractivity (Wildman–Crippen MR) is 44.5 cm³/mol. The van der Waals surface area contributed by atoms with Gasteiger partial charge in [-0.15, -0.1) is 0 Å². The van der Waals surface area contributed by atoms with Gasteiger partial charge in [-0.25, -0.2) is 0 Å². The Kier molecular flexibility index (Phi) is 2.81. The Morgan fingerprint density at radius 2 is 2.17 bits per heavy atom. The SMILES string of the molecule is CC.O=[N+]([O-])C1CC2C=CC1O2. The maximum Gasteiger partial charge on any atom is 0.245 e.